The zero-order valence-electron chi connectivity index (χ0n) is 15.9. The van der Waals surface area contributed by atoms with Gasteiger partial charge >= 0.3 is 11.7 Å². The summed E-state index contributed by atoms with van der Waals surface area (Å²) in [6.45, 7) is 8.38. The zero-order valence-corrected chi connectivity index (χ0v) is 15.9. The lowest BCUT2D eigenvalue weighted by atomic mass is 9.97. The first kappa shape index (κ1) is 18.9. The number of carbonyl (C=O) groups excluding carboxylic acids is 2. The van der Waals surface area contributed by atoms with Crippen LogP contribution in [-0.4, -0.2) is 54.5 Å². The molecule has 1 fully saturated rings. The van der Waals surface area contributed by atoms with Crippen LogP contribution in [0.4, 0.5) is 4.79 Å². The molecule has 1 aromatic heterocycles. The molecule has 2 aromatic rings. The van der Waals surface area contributed by atoms with Crippen LogP contribution >= 0.6 is 0 Å². The Hall–Kier alpha value is -2.83. The van der Waals surface area contributed by atoms with Gasteiger partial charge in [0.2, 0.25) is 0 Å². The number of hydrogen-bond acceptors (Lipinski definition) is 4. The number of hydrogen-bond donors (Lipinski definition) is 1. The minimum atomic E-state index is -0.635. The van der Waals surface area contributed by atoms with E-state index in [2.05, 4.69) is 26.1 Å². The predicted octanol–water partition coefficient (Wildman–Crippen LogP) is 2.31. The first-order valence-corrected chi connectivity index (χ1v) is 9.09. The van der Waals surface area contributed by atoms with Crippen LogP contribution in [0.1, 0.15) is 31.1 Å². The largest absolute Gasteiger partial charge is 0.422 e. The Labute approximate surface area is 157 Å². The first-order chi connectivity index (χ1) is 12.7. The van der Waals surface area contributed by atoms with Crippen molar-refractivity contribution in [3.8, 4) is 0 Å². The van der Waals surface area contributed by atoms with E-state index < -0.39 is 5.63 Å². The Morgan fingerprint density at radius 2 is 1.70 bits per heavy atom. The van der Waals surface area contributed by atoms with Gasteiger partial charge in [-0.2, -0.15) is 0 Å². The third kappa shape index (κ3) is 4.48. The second-order valence-corrected chi connectivity index (χ2v) is 7.98. The van der Waals surface area contributed by atoms with Crippen LogP contribution in [-0.2, 0) is 0 Å². The van der Waals surface area contributed by atoms with Crippen molar-refractivity contribution >= 4 is 22.9 Å². The van der Waals surface area contributed by atoms with Crippen LogP contribution in [0.3, 0.4) is 0 Å². The van der Waals surface area contributed by atoms with Gasteiger partial charge in [-0.25, -0.2) is 9.59 Å². The summed E-state index contributed by atoms with van der Waals surface area (Å²) in [5, 5.41) is 3.62. The Bertz CT molecular complexity index is 905. The first-order valence-electron chi connectivity index (χ1n) is 9.09. The molecule has 0 aliphatic carbocycles. The van der Waals surface area contributed by atoms with Crippen molar-refractivity contribution < 1.29 is 14.0 Å². The molecule has 0 bridgehead atoms. The molecule has 3 rings (SSSR count). The molecule has 2 heterocycles. The van der Waals surface area contributed by atoms with Crippen LogP contribution in [0, 0.1) is 5.41 Å². The number of para-hydroxylation sites is 1. The van der Waals surface area contributed by atoms with Gasteiger partial charge in [-0.05, 0) is 17.5 Å². The number of benzene rings is 1. The fourth-order valence-corrected chi connectivity index (χ4v) is 2.95. The van der Waals surface area contributed by atoms with Gasteiger partial charge in [0.1, 0.15) is 11.1 Å². The number of carbonyl (C=O) groups is 2. The van der Waals surface area contributed by atoms with Crippen molar-refractivity contribution in [3.63, 3.8) is 0 Å². The van der Waals surface area contributed by atoms with Gasteiger partial charge in [0.15, 0.2) is 0 Å². The summed E-state index contributed by atoms with van der Waals surface area (Å²) in [7, 11) is 0. The Morgan fingerprint density at radius 3 is 2.37 bits per heavy atom. The van der Waals surface area contributed by atoms with Crippen molar-refractivity contribution in [2.75, 3.05) is 32.7 Å². The van der Waals surface area contributed by atoms with Gasteiger partial charge in [0.25, 0.3) is 5.91 Å². The average molecular weight is 371 g/mol. The van der Waals surface area contributed by atoms with E-state index in [1.807, 2.05) is 6.07 Å². The molecule has 1 aliphatic heterocycles. The van der Waals surface area contributed by atoms with E-state index in [4.69, 9.17) is 4.42 Å². The van der Waals surface area contributed by atoms with Crippen molar-refractivity contribution in [1.29, 1.82) is 0 Å². The zero-order chi connectivity index (χ0) is 19.6. The monoisotopic (exact) mass is 371 g/mol. The van der Waals surface area contributed by atoms with Crippen molar-refractivity contribution in [2.45, 2.75) is 20.8 Å². The Kier molecular flexibility index (Phi) is 5.21. The van der Waals surface area contributed by atoms with E-state index in [0.29, 0.717) is 43.7 Å². The Morgan fingerprint density at radius 1 is 1.07 bits per heavy atom. The lowest BCUT2D eigenvalue weighted by molar-refractivity contribution is 0.0660. The quantitative estimate of drug-likeness (QED) is 0.821. The van der Waals surface area contributed by atoms with E-state index in [9.17, 15) is 14.4 Å². The molecule has 0 atom stereocenters. The summed E-state index contributed by atoms with van der Waals surface area (Å²) >= 11 is 0. The van der Waals surface area contributed by atoms with Crippen molar-refractivity contribution in [2.24, 2.45) is 5.41 Å². The number of piperazine rings is 1. The number of nitrogens with one attached hydrogen (secondary N) is 1. The van der Waals surface area contributed by atoms with Crippen LogP contribution in [0.2, 0.25) is 0 Å². The minimum absolute atomic E-state index is 0.0115. The van der Waals surface area contributed by atoms with Gasteiger partial charge in [-0.15, -0.1) is 0 Å². The molecule has 1 N–H and O–H groups in total. The van der Waals surface area contributed by atoms with Crippen LogP contribution < -0.4 is 10.9 Å². The van der Waals surface area contributed by atoms with Gasteiger partial charge in [0, 0.05) is 38.1 Å². The molecule has 1 saturated heterocycles. The fraction of sp³-hybridized carbons (Fsp3) is 0.450. The SMILES string of the molecule is CC(C)(C)CNC(=O)N1CCN(C(=O)c2cc3ccccc3oc2=O)CC1. The molecule has 27 heavy (non-hydrogen) atoms. The Balaban J connectivity index is 1.64. The molecule has 0 radical (unpaired) electrons. The third-order valence-corrected chi connectivity index (χ3v) is 4.50. The summed E-state index contributed by atoms with van der Waals surface area (Å²) in [4.78, 5) is 40.4. The maximum Gasteiger partial charge on any atom is 0.349 e. The van der Waals surface area contributed by atoms with Crippen LogP contribution in [0.15, 0.2) is 39.5 Å². The van der Waals surface area contributed by atoms with Crippen LogP contribution in [0.5, 0.6) is 0 Å². The number of fused-ring (bicyclic) bond motifs is 1. The maximum atomic E-state index is 12.7. The number of nitrogens with zero attached hydrogens (tertiary/aromatic N) is 2. The van der Waals surface area contributed by atoms with Gasteiger partial charge in [-0.1, -0.05) is 39.0 Å². The molecule has 7 nitrogen and oxygen atoms in total. The molecule has 0 spiro atoms. The number of rotatable bonds is 2. The molecule has 144 valence electrons. The molecule has 0 unspecified atom stereocenters. The maximum absolute atomic E-state index is 12.7. The van der Waals surface area contributed by atoms with Gasteiger partial charge in [-0.3, -0.25) is 4.79 Å². The number of urea groups is 1. The van der Waals surface area contributed by atoms with E-state index in [0.717, 1.165) is 0 Å². The summed E-state index contributed by atoms with van der Waals surface area (Å²) < 4.78 is 5.25. The van der Waals surface area contributed by atoms with E-state index in [1.165, 1.54) is 0 Å². The summed E-state index contributed by atoms with van der Waals surface area (Å²) in [6, 6.07) is 8.54. The number of amides is 3. The molecule has 7 heteroatoms. The molecule has 3 amide bonds. The van der Waals surface area contributed by atoms with Gasteiger partial charge < -0.3 is 19.5 Å². The summed E-state index contributed by atoms with van der Waals surface area (Å²) in [5.41, 5.74) is -0.139. The fourth-order valence-electron chi connectivity index (χ4n) is 2.95. The highest BCUT2D eigenvalue weighted by atomic mass is 16.4. The predicted molar refractivity (Wildman–Crippen MR) is 103 cm³/mol. The van der Waals surface area contributed by atoms with Gasteiger partial charge in [0.05, 0.1) is 0 Å². The van der Waals surface area contributed by atoms with E-state index in [-0.39, 0.29) is 22.9 Å². The highest BCUT2D eigenvalue weighted by molar-refractivity contribution is 5.96. The van der Waals surface area contributed by atoms with Crippen LogP contribution in [0.25, 0.3) is 11.0 Å². The summed E-state index contributed by atoms with van der Waals surface area (Å²) in [6.07, 6.45) is 0. The van der Waals surface area contributed by atoms with E-state index >= 15 is 0 Å². The molecule has 0 saturated carbocycles. The molecular formula is C20H25N3O4. The minimum Gasteiger partial charge on any atom is -0.422 e. The third-order valence-electron chi connectivity index (χ3n) is 4.50. The smallest absolute Gasteiger partial charge is 0.349 e. The van der Waals surface area contributed by atoms with E-state index in [1.54, 1.807) is 34.1 Å². The lowest BCUT2D eigenvalue weighted by Crippen LogP contribution is -2.54. The standard InChI is InChI=1S/C20H25N3O4/c1-20(2,3)13-21-19(26)23-10-8-22(9-11-23)17(24)15-12-14-6-4-5-7-16(14)27-18(15)25/h4-7,12H,8-11,13H2,1-3H3,(H,21,26). The summed E-state index contributed by atoms with van der Waals surface area (Å²) in [5.74, 6) is -0.357. The lowest BCUT2D eigenvalue weighted by Gasteiger charge is -2.35. The molecular weight excluding hydrogens is 346 g/mol. The topological polar surface area (TPSA) is 82.9 Å². The molecule has 1 aliphatic rings. The highest BCUT2D eigenvalue weighted by Gasteiger charge is 2.27. The highest BCUT2D eigenvalue weighted by Crippen LogP contribution is 2.15. The van der Waals surface area contributed by atoms with Crippen molar-refractivity contribution in [1.82, 2.24) is 15.1 Å². The average Bonchev–Trinajstić information content (AvgIpc) is 2.64. The van der Waals surface area contributed by atoms with Crippen molar-refractivity contribution in [3.05, 3.63) is 46.3 Å². The second-order valence-electron chi connectivity index (χ2n) is 7.98. The second kappa shape index (κ2) is 7.42. The molecule has 1 aromatic carbocycles. The normalized spacial score (nSPS) is 15.1.